The minimum absolute atomic E-state index is 0.0212. The molecule has 0 saturated carbocycles. The normalized spacial score (nSPS) is 14.6. The first kappa shape index (κ1) is 23.1. The van der Waals surface area contributed by atoms with Crippen LogP contribution in [0.25, 0.3) is 27.4 Å². The molecule has 1 N–H and O–H groups in total. The van der Waals surface area contributed by atoms with Gasteiger partial charge in [-0.3, -0.25) is 4.55 Å². The molecule has 34 heavy (non-hydrogen) atoms. The van der Waals surface area contributed by atoms with E-state index in [-0.39, 0.29) is 6.54 Å². The number of aromatic nitrogens is 1. The summed E-state index contributed by atoms with van der Waals surface area (Å²) in [4.78, 5) is 1.71. The molecular weight excluding hydrogens is 515 g/mol. The number of benzene rings is 3. The maximum absolute atomic E-state index is 11.4. The Bertz CT molecular complexity index is 1550. The van der Waals surface area contributed by atoms with E-state index in [1.54, 1.807) is 34.4 Å². The summed E-state index contributed by atoms with van der Waals surface area (Å²) in [5.74, 6) is 0.587. The van der Waals surface area contributed by atoms with E-state index in [4.69, 9.17) is 27.9 Å². The molecule has 1 aromatic heterocycles. The van der Waals surface area contributed by atoms with Crippen LogP contribution in [0.1, 0.15) is 5.01 Å². The number of aryl methyl sites for hydroxylation is 1. The lowest BCUT2D eigenvalue weighted by molar-refractivity contribution is -0.642. The second-order valence-corrected chi connectivity index (χ2v) is 11.3. The maximum atomic E-state index is 11.4. The molecule has 1 aliphatic heterocycles. The Balaban J connectivity index is 1.54. The van der Waals surface area contributed by atoms with E-state index in [9.17, 15) is 13.0 Å². The molecule has 0 amide bonds. The number of anilines is 1. The third-order valence-electron chi connectivity index (χ3n) is 5.56. The predicted octanol–water partition coefficient (Wildman–Crippen LogP) is 5.78. The molecule has 0 radical (unpaired) electrons. The minimum Gasteiger partial charge on any atom is -0.438 e. The fourth-order valence-electron chi connectivity index (χ4n) is 3.84. The quantitative estimate of drug-likeness (QED) is 0.260. The van der Waals surface area contributed by atoms with Gasteiger partial charge in [0.2, 0.25) is 11.4 Å². The van der Waals surface area contributed by atoms with Gasteiger partial charge < -0.3 is 9.64 Å². The molecule has 4 aromatic rings. The minimum atomic E-state index is -4.15. The Morgan fingerprint density at radius 3 is 2.47 bits per heavy atom. The van der Waals surface area contributed by atoms with Crippen LogP contribution in [0.3, 0.4) is 0 Å². The molecule has 3 aromatic carbocycles. The first-order chi connectivity index (χ1) is 16.2. The number of hydrogen-bond donors (Lipinski definition) is 1. The van der Waals surface area contributed by atoms with Crippen LogP contribution >= 0.6 is 34.5 Å². The monoisotopic (exact) mass is 533 g/mol. The number of hydrogen-bond acceptors (Lipinski definition) is 5. The van der Waals surface area contributed by atoms with E-state index < -0.39 is 15.9 Å². The molecule has 1 aliphatic rings. The molecule has 0 saturated heterocycles. The van der Waals surface area contributed by atoms with Gasteiger partial charge >= 0.3 is 0 Å². The smallest absolute Gasteiger partial charge is 0.267 e. The second-order valence-electron chi connectivity index (χ2n) is 7.82. The average Bonchev–Trinajstić information content (AvgIpc) is 3.28. The van der Waals surface area contributed by atoms with E-state index in [1.165, 1.54) is 0 Å². The molecule has 0 spiro atoms. The van der Waals surface area contributed by atoms with Crippen molar-refractivity contribution in [3.63, 3.8) is 0 Å². The molecule has 2 heterocycles. The third kappa shape index (κ3) is 4.64. The predicted molar refractivity (Wildman–Crippen MR) is 137 cm³/mol. The van der Waals surface area contributed by atoms with Crippen molar-refractivity contribution >= 4 is 66.6 Å². The lowest BCUT2D eigenvalue weighted by Crippen LogP contribution is -2.31. The summed E-state index contributed by atoms with van der Waals surface area (Å²) in [5, 5.41) is 2.11. The van der Waals surface area contributed by atoms with Crippen molar-refractivity contribution in [2.24, 2.45) is 7.05 Å². The van der Waals surface area contributed by atoms with Gasteiger partial charge in [-0.2, -0.15) is 13.0 Å². The number of thiazole rings is 1. The van der Waals surface area contributed by atoms with Gasteiger partial charge in [0.25, 0.3) is 15.1 Å². The highest BCUT2D eigenvalue weighted by molar-refractivity contribution is 7.85. The van der Waals surface area contributed by atoms with Gasteiger partial charge in [-0.25, -0.2) is 0 Å². The van der Waals surface area contributed by atoms with Crippen LogP contribution in [0, 0.1) is 0 Å². The highest BCUT2D eigenvalue weighted by atomic mass is 35.5. The Hall–Kier alpha value is -2.62. The number of fused-ring (bicyclic) bond motifs is 2. The lowest BCUT2D eigenvalue weighted by Gasteiger charge is -2.17. The van der Waals surface area contributed by atoms with Gasteiger partial charge in [0.1, 0.15) is 11.7 Å². The Morgan fingerprint density at radius 1 is 1.03 bits per heavy atom. The van der Waals surface area contributed by atoms with Crippen molar-refractivity contribution in [2.75, 3.05) is 17.2 Å². The van der Waals surface area contributed by atoms with Crippen molar-refractivity contribution in [2.45, 2.75) is 0 Å². The zero-order chi connectivity index (χ0) is 24.0. The highest BCUT2D eigenvalue weighted by Crippen LogP contribution is 2.41. The van der Waals surface area contributed by atoms with Gasteiger partial charge in [0.15, 0.2) is 5.75 Å². The first-order valence-electron chi connectivity index (χ1n) is 10.3. The maximum Gasteiger partial charge on any atom is 0.267 e. The summed E-state index contributed by atoms with van der Waals surface area (Å²) in [7, 11) is -2.18. The second kappa shape index (κ2) is 8.87. The van der Waals surface area contributed by atoms with Crippen LogP contribution in [-0.4, -0.2) is 25.3 Å². The fraction of sp³-hybridized carbons (Fsp3) is 0.125. The zero-order valence-electron chi connectivity index (χ0n) is 17.9. The number of rotatable bonds is 5. The van der Waals surface area contributed by atoms with Crippen molar-refractivity contribution in [1.82, 2.24) is 0 Å². The number of nitrogens with zero attached hydrogens (tertiary/aromatic N) is 2. The first-order valence-corrected chi connectivity index (χ1v) is 13.5. The fourth-order valence-corrected chi connectivity index (χ4v) is 5.60. The van der Waals surface area contributed by atoms with Crippen LogP contribution in [0.4, 0.5) is 5.69 Å². The third-order valence-corrected chi connectivity index (χ3v) is 7.91. The topological polar surface area (TPSA) is 70.7 Å². The summed E-state index contributed by atoms with van der Waals surface area (Å²) in [6.45, 7) is 0.0212. The van der Waals surface area contributed by atoms with Crippen LogP contribution in [0.2, 0.25) is 10.0 Å². The summed E-state index contributed by atoms with van der Waals surface area (Å²) < 4.78 is 41.3. The SMILES string of the molecule is C[n+]1c(/C=C2\Oc3ccc(Cl)cc3N2CCS(=O)(=O)O)sc2ccc(-c3ccc(Cl)cc3)cc21. The van der Waals surface area contributed by atoms with Gasteiger partial charge in [-0.05, 0) is 47.5 Å². The molecule has 6 nitrogen and oxygen atoms in total. The molecule has 0 bridgehead atoms. The molecule has 0 unspecified atom stereocenters. The lowest BCUT2D eigenvalue weighted by atomic mass is 10.1. The van der Waals surface area contributed by atoms with E-state index in [2.05, 4.69) is 22.8 Å². The molecule has 0 fully saturated rings. The van der Waals surface area contributed by atoms with Gasteiger partial charge in [0.05, 0.1) is 17.5 Å². The van der Waals surface area contributed by atoms with Crippen LogP contribution in [0.15, 0.2) is 66.5 Å². The van der Waals surface area contributed by atoms with Crippen molar-refractivity contribution in [3.05, 3.63) is 81.6 Å². The zero-order valence-corrected chi connectivity index (χ0v) is 21.0. The summed E-state index contributed by atoms with van der Waals surface area (Å²) >= 11 is 13.8. The van der Waals surface area contributed by atoms with E-state index in [0.29, 0.717) is 27.4 Å². The molecular formula is C24H19Cl2N2O4S2+. The Morgan fingerprint density at radius 2 is 1.74 bits per heavy atom. The molecule has 10 heteroatoms. The van der Waals surface area contributed by atoms with Crippen LogP contribution in [0.5, 0.6) is 5.75 Å². The standard InChI is InChI=1S/C24H18Cl2N2O4S2/c1-27-20-12-16(15-2-5-17(25)6-3-15)4-9-22(20)33-24(27)14-23-28(10-11-34(29,30)31)19-13-18(26)7-8-21(19)32-23/h2-9,12-14H,10-11H2,1H3/p+1. The van der Waals surface area contributed by atoms with Gasteiger partial charge in [-0.15, -0.1) is 0 Å². The Labute approximate surface area is 211 Å². The van der Waals surface area contributed by atoms with E-state index in [0.717, 1.165) is 26.4 Å². The summed E-state index contributed by atoms with van der Waals surface area (Å²) in [5.41, 5.74) is 3.84. The summed E-state index contributed by atoms with van der Waals surface area (Å²) in [6.07, 6.45) is 1.87. The average molecular weight is 534 g/mol. The largest absolute Gasteiger partial charge is 0.438 e. The highest BCUT2D eigenvalue weighted by Gasteiger charge is 2.29. The Kier molecular flexibility index (Phi) is 6.03. The number of halogens is 2. The van der Waals surface area contributed by atoms with Gasteiger partial charge in [-0.1, -0.05) is 52.7 Å². The van der Waals surface area contributed by atoms with Crippen LogP contribution in [-0.2, 0) is 17.2 Å². The van der Waals surface area contributed by atoms with Gasteiger partial charge in [0, 0.05) is 22.7 Å². The molecule has 0 atom stereocenters. The number of ether oxygens (including phenoxy) is 1. The van der Waals surface area contributed by atoms with Crippen molar-refractivity contribution in [3.8, 4) is 16.9 Å². The molecule has 174 valence electrons. The summed E-state index contributed by atoms with van der Waals surface area (Å²) in [6, 6.07) is 19.1. The molecule has 5 rings (SSSR count). The van der Waals surface area contributed by atoms with E-state index in [1.807, 2.05) is 37.4 Å². The molecule has 0 aliphatic carbocycles. The van der Waals surface area contributed by atoms with E-state index >= 15 is 0 Å². The van der Waals surface area contributed by atoms with Crippen molar-refractivity contribution < 1.29 is 22.3 Å². The van der Waals surface area contributed by atoms with Crippen molar-refractivity contribution in [1.29, 1.82) is 0 Å². The van der Waals surface area contributed by atoms with Crippen LogP contribution < -0.4 is 14.2 Å².